The minimum absolute atomic E-state index is 0.0163. The van der Waals surface area contributed by atoms with Gasteiger partial charge < -0.3 is 10.1 Å². The molecular formula is C13H23NO3S2. The van der Waals surface area contributed by atoms with Crippen LogP contribution in [0.1, 0.15) is 34.1 Å². The van der Waals surface area contributed by atoms with E-state index in [-0.39, 0.29) is 11.0 Å². The lowest BCUT2D eigenvalue weighted by Gasteiger charge is -2.23. The summed E-state index contributed by atoms with van der Waals surface area (Å²) in [4.78, 5) is 23.9. The van der Waals surface area contributed by atoms with Crippen molar-refractivity contribution >= 4 is 35.4 Å². The number of ether oxygens (including phenoxy) is 1. The van der Waals surface area contributed by atoms with E-state index in [0.717, 1.165) is 23.7 Å². The average Bonchev–Trinajstić information content (AvgIpc) is 2.53. The SMILES string of the molecule is CC(NC(=O)OC(C)(C)C)C(=O)C1CSCCCS1. The molecule has 2 unspecified atom stereocenters. The Labute approximate surface area is 123 Å². The van der Waals surface area contributed by atoms with Crippen molar-refractivity contribution in [3.63, 3.8) is 0 Å². The Morgan fingerprint density at radius 2 is 2.00 bits per heavy atom. The average molecular weight is 305 g/mol. The van der Waals surface area contributed by atoms with Crippen LogP contribution in [0.25, 0.3) is 0 Å². The van der Waals surface area contributed by atoms with E-state index in [1.165, 1.54) is 0 Å². The Morgan fingerprint density at radius 1 is 1.32 bits per heavy atom. The van der Waals surface area contributed by atoms with Gasteiger partial charge in [0.25, 0.3) is 0 Å². The number of alkyl carbamates (subject to hydrolysis) is 1. The number of carbonyl (C=O) groups excluding carboxylic acids is 2. The van der Waals surface area contributed by atoms with Gasteiger partial charge in [0, 0.05) is 5.75 Å². The van der Waals surface area contributed by atoms with Gasteiger partial charge in [0.15, 0.2) is 5.78 Å². The molecule has 4 nitrogen and oxygen atoms in total. The zero-order valence-corrected chi connectivity index (χ0v) is 13.7. The number of hydrogen-bond donors (Lipinski definition) is 1. The largest absolute Gasteiger partial charge is 0.444 e. The molecule has 19 heavy (non-hydrogen) atoms. The normalized spacial score (nSPS) is 22.2. The molecule has 1 rings (SSSR count). The Bertz CT molecular complexity index is 320. The van der Waals surface area contributed by atoms with Crippen molar-refractivity contribution in [2.45, 2.75) is 51.0 Å². The molecule has 1 fully saturated rings. The maximum Gasteiger partial charge on any atom is 0.408 e. The fraction of sp³-hybridized carbons (Fsp3) is 0.846. The number of rotatable bonds is 3. The van der Waals surface area contributed by atoms with Gasteiger partial charge in [-0.25, -0.2) is 4.79 Å². The maximum absolute atomic E-state index is 12.2. The highest BCUT2D eigenvalue weighted by molar-refractivity contribution is 8.04. The van der Waals surface area contributed by atoms with E-state index in [1.807, 2.05) is 11.8 Å². The number of carbonyl (C=O) groups is 2. The zero-order valence-electron chi connectivity index (χ0n) is 12.0. The van der Waals surface area contributed by atoms with E-state index >= 15 is 0 Å². The number of ketones is 1. The second kappa shape index (κ2) is 7.43. The molecule has 1 saturated heterocycles. The molecular weight excluding hydrogens is 282 g/mol. The maximum atomic E-state index is 12.2. The Kier molecular flexibility index (Phi) is 6.53. The van der Waals surface area contributed by atoms with Crippen LogP contribution in [0.3, 0.4) is 0 Å². The molecule has 1 aliphatic heterocycles. The summed E-state index contributed by atoms with van der Waals surface area (Å²) in [5.74, 6) is 3.06. The molecule has 2 atom stereocenters. The number of hydrogen-bond acceptors (Lipinski definition) is 5. The summed E-state index contributed by atoms with van der Waals surface area (Å²) >= 11 is 3.51. The van der Waals surface area contributed by atoms with Crippen LogP contribution in [-0.2, 0) is 9.53 Å². The topological polar surface area (TPSA) is 55.4 Å². The van der Waals surface area contributed by atoms with E-state index in [0.29, 0.717) is 0 Å². The Balaban J connectivity index is 2.45. The van der Waals surface area contributed by atoms with Crippen LogP contribution in [0.4, 0.5) is 4.79 Å². The van der Waals surface area contributed by atoms with Gasteiger partial charge in [-0.1, -0.05) is 0 Å². The number of thioether (sulfide) groups is 2. The van der Waals surface area contributed by atoms with Gasteiger partial charge in [-0.15, -0.1) is 11.8 Å². The summed E-state index contributed by atoms with van der Waals surface area (Å²) in [6, 6.07) is -0.494. The highest BCUT2D eigenvalue weighted by Gasteiger charge is 2.27. The third kappa shape index (κ3) is 6.56. The van der Waals surface area contributed by atoms with Crippen molar-refractivity contribution in [2.75, 3.05) is 17.3 Å². The lowest BCUT2D eigenvalue weighted by Crippen LogP contribution is -2.45. The smallest absolute Gasteiger partial charge is 0.408 e. The molecule has 0 bridgehead atoms. The van der Waals surface area contributed by atoms with Gasteiger partial charge in [0.1, 0.15) is 5.60 Å². The van der Waals surface area contributed by atoms with Gasteiger partial charge >= 0.3 is 6.09 Å². The summed E-state index contributed by atoms with van der Waals surface area (Å²) in [5, 5.41) is 2.60. The summed E-state index contributed by atoms with van der Waals surface area (Å²) in [7, 11) is 0. The predicted octanol–water partition coefficient (Wildman–Crippen LogP) is 2.71. The van der Waals surface area contributed by atoms with Crippen molar-refractivity contribution in [1.29, 1.82) is 0 Å². The first-order valence-electron chi connectivity index (χ1n) is 6.52. The number of Topliss-reactive ketones (excluding diaryl/α,β-unsaturated/α-hetero) is 1. The lowest BCUT2D eigenvalue weighted by molar-refractivity contribution is -0.119. The quantitative estimate of drug-likeness (QED) is 0.869. The minimum Gasteiger partial charge on any atom is -0.444 e. The van der Waals surface area contributed by atoms with E-state index in [2.05, 4.69) is 5.32 Å². The highest BCUT2D eigenvalue weighted by Crippen LogP contribution is 2.24. The molecule has 6 heteroatoms. The monoisotopic (exact) mass is 305 g/mol. The molecule has 0 radical (unpaired) electrons. The van der Waals surface area contributed by atoms with Gasteiger partial charge in [-0.3, -0.25) is 4.79 Å². The third-order valence-electron chi connectivity index (χ3n) is 2.50. The minimum atomic E-state index is -0.542. The molecule has 0 aliphatic carbocycles. The molecule has 0 saturated carbocycles. The Hall–Kier alpha value is -0.360. The van der Waals surface area contributed by atoms with Gasteiger partial charge in [-0.2, -0.15) is 11.8 Å². The van der Waals surface area contributed by atoms with Crippen molar-refractivity contribution < 1.29 is 14.3 Å². The van der Waals surface area contributed by atoms with Gasteiger partial charge in [0.05, 0.1) is 11.3 Å². The molecule has 1 aliphatic rings. The molecule has 0 aromatic rings. The zero-order chi connectivity index (χ0) is 14.5. The van der Waals surface area contributed by atoms with Gasteiger partial charge in [0.2, 0.25) is 0 Å². The van der Waals surface area contributed by atoms with Crippen molar-refractivity contribution in [2.24, 2.45) is 0 Å². The van der Waals surface area contributed by atoms with E-state index < -0.39 is 17.7 Å². The van der Waals surface area contributed by atoms with Crippen molar-refractivity contribution in [1.82, 2.24) is 5.32 Å². The highest BCUT2D eigenvalue weighted by atomic mass is 32.2. The summed E-state index contributed by atoms with van der Waals surface area (Å²) < 4.78 is 5.16. The van der Waals surface area contributed by atoms with Crippen LogP contribution in [0.2, 0.25) is 0 Å². The molecule has 0 aromatic carbocycles. The number of amides is 1. The second-order valence-corrected chi connectivity index (χ2v) is 8.02. The lowest BCUT2D eigenvalue weighted by atomic mass is 10.1. The fourth-order valence-electron chi connectivity index (χ4n) is 1.62. The van der Waals surface area contributed by atoms with Crippen LogP contribution in [-0.4, -0.2) is 46.0 Å². The second-order valence-electron chi connectivity index (χ2n) is 5.56. The van der Waals surface area contributed by atoms with Crippen LogP contribution in [0.5, 0.6) is 0 Å². The summed E-state index contributed by atoms with van der Waals surface area (Å²) in [6.45, 7) is 7.13. The van der Waals surface area contributed by atoms with E-state index in [4.69, 9.17) is 4.74 Å². The van der Waals surface area contributed by atoms with Crippen LogP contribution >= 0.6 is 23.5 Å². The summed E-state index contributed by atoms with van der Waals surface area (Å²) in [6.07, 6.45) is 0.618. The standard InChI is InChI=1S/C13H23NO3S2/c1-9(14-12(16)17-13(2,3)4)11(15)10-8-18-6-5-7-19-10/h9-10H,5-8H2,1-4H3,(H,14,16). The van der Waals surface area contributed by atoms with Gasteiger partial charge in [-0.05, 0) is 45.6 Å². The third-order valence-corrected chi connectivity index (χ3v) is 5.18. The van der Waals surface area contributed by atoms with Crippen LogP contribution in [0, 0.1) is 0 Å². The summed E-state index contributed by atoms with van der Waals surface area (Å²) in [5.41, 5.74) is -0.542. The first-order valence-corrected chi connectivity index (χ1v) is 8.72. The molecule has 1 heterocycles. The van der Waals surface area contributed by atoms with Crippen LogP contribution in [0.15, 0.2) is 0 Å². The molecule has 1 N–H and O–H groups in total. The molecule has 0 aromatic heterocycles. The van der Waals surface area contributed by atoms with E-state index in [9.17, 15) is 9.59 Å². The first-order chi connectivity index (χ1) is 8.79. The molecule has 0 spiro atoms. The van der Waals surface area contributed by atoms with Crippen LogP contribution < -0.4 is 5.32 Å². The van der Waals surface area contributed by atoms with Crippen molar-refractivity contribution in [3.8, 4) is 0 Å². The molecule has 1 amide bonds. The first kappa shape index (κ1) is 16.7. The van der Waals surface area contributed by atoms with E-state index in [1.54, 1.807) is 39.5 Å². The fourth-order valence-corrected chi connectivity index (χ4v) is 4.34. The van der Waals surface area contributed by atoms with Crippen molar-refractivity contribution in [3.05, 3.63) is 0 Å². The Morgan fingerprint density at radius 3 is 2.63 bits per heavy atom. The number of nitrogens with one attached hydrogen (secondary N) is 1. The molecule has 110 valence electrons. The predicted molar refractivity (Wildman–Crippen MR) is 82.0 cm³/mol.